The number of pyridine rings is 2. The number of aromatic nitrogens is 2. The Kier molecular flexibility index (Phi) is 7.85. The van der Waals surface area contributed by atoms with Crippen molar-refractivity contribution in [1.29, 1.82) is 5.26 Å². The minimum atomic E-state index is -0.201. The molecule has 0 spiro atoms. The lowest BCUT2D eigenvalue weighted by molar-refractivity contribution is 0.158. The van der Waals surface area contributed by atoms with Gasteiger partial charge in [0.2, 0.25) is 0 Å². The maximum absolute atomic E-state index is 9.30. The molecule has 33 heavy (non-hydrogen) atoms. The van der Waals surface area contributed by atoms with Crippen LogP contribution in [0.4, 0.5) is 5.69 Å². The van der Waals surface area contributed by atoms with Crippen LogP contribution in [0.15, 0.2) is 30.7 Å². The lowest BCUT2D eigenvalue weighted by Gasteiger charge is -2.31. The molecule has 4 rings (SSSR count). The van der Waals surface area contributed by atoms with E-state index in [-0.39, 0.29) is 5.41 Å². The van der Waals surface area contributed by atoms with E-state index >= 15 is 0 Å². The van der Waals surface area contributed by atoms with Crippen LogP contribution in [-0.2, 0) is 11.2 Å². The quantitative estimate of drug-likeness (QED) is 0.497. The predicted octanol–water partition coefficient (Wildman–Crippen LogP) is 5.24. The van der Waals surface area contributed by atoms with E-state index in [1.54, 1.807) is 19.5 Å². The summed E-state index contributed by atoms with van der Waals surface area (Å²) in [6.07, 6.45) is 13.1. The van der Waals surface area contributed by atoms with E-state index in [0.717, 1.165) is 48.4 Å². The van der Waals surface area contributed by atoms with Crippen molar-refractivity contribution >= 4 is 17.3 Å². The SMILES string of the molecule is COC[C@@H](C)NC1CCC(Cc2cc(-c3cncc(NCC4(C#N)CC4)c3)c(Cl)cn2)CC1. The molecule has 2 saturated carbocycles. The van der Waals surface area contributed by atoms with Crippen LogP contribution in [0, 0.1) is 22.7 Å². The number of halogens is 1. The van der Waals surface area contributed by atoms with Gasteiger partial charge in [0.25, 0.3) is 0 Å². The highest BCUT2D eigenvalue weighted by molar-refractivity contribution is 6.33. The molecule has 0 amide bonds. The Morgan fingerprint density at radius 2 is 2.00 bits per heavy atom. The highest BCUT2D eigenvalue weighted by Gasteiger charge is 2.42. The van der Waals surface area contributed by atoms with Gasteiger partial charge in [0.05, 0.1) is 28.8 Å². The number of ether oxygens (including phenoxy) is 1. The zero-order valence-corrected chi connectivity index (χ0v) is 20.4. The van der Waals surface area contributed by atoms with E-state index in [4.69, 9.17) is 16.3 Å². The Morgan fingerprint density at radius 3 is 2.70 bits per heavy atom. The molecule has 2 aromatic rings. The molecule has 0 saturated heterocycles. The second-order valence-electron chi connectivity index (χ2n) is 9.81. The van der Waals surface area contributed by atoms with Gasteiger partial charge >= 0.3 is 0 Å². The average Bonchev–Trinajstić information content (AvgIpc) is 3.61. The fraction of sp³-hybridized carbons (Fsp3) is 0.577. The molecule has 0 unspecified atom stereocenters. The van der Waals surface area contributed by atoms with Gasteiger partial charge < -0.3 is 15.4 Å². The normalized spacial score (nSPS) is 22.4. The first-order valence-corrected chi connectivity index (χ1v) is 12.4. The van der Waals surface area contributed by atoms with Crippen LogP contribution in [0.3, 0.4) is 0 Å². The first-order valence-electron chi connectivity index (χ1n) is 12.0. The maximum atomic E-state index is 9.30. The van der Waals surface area contributed by atoms with Crippen LogP contribution < -0.4 is 10.6 Å². The van der Waals surface area contributed by atoms with Gasteiger partial charge in [0.15, 0.2) is 0 Å². The molecule has 0 bridgehead atoms. The second-order valence-corrected chi connectivity index (χ2v) is 10.2. The zero-order valence-electron chi connectivity index (χ0n) is 19.6. The van der Waals surface area contributed by atoms with Gasteiger partial charge in [-0.05, 0) is 69.9 Å². The summed E-state index contributed by atoms with van der Waals surface area (Å²) in [4.78, 5) is 9.02. The summed E-state index contributed by atoms with van der Waals surface area (Å²) in [5.41, 5.74) is 3.72. The minimum absolute atomic E-state index is 0.201. The third-order valence-electron chi connectivity index (χ3n) is 6.96. The Bertz CT molecular complexity index is 979. The molecule has 0 radical (unpaired) electrons. The van der Waals surface area contributed by atoms with Gasteiger partial charge in [-0.25, -0.2) is 0 Å². The summed E-state index contributed by atoms with van der Waals surface area (Å²) in [7, 11) is 1.75. The van der Waals surface area contributed by atoms with Gasteiger partial charge in [-0.1, -0.05) is 11.6 Å². The molecule has 1 atom stereocenters. The molecule has 2 aliphatic carbocycles. The second kappa shape index (κ2) is 10.8. The first kappa shape index (κ1) is 23.9. The van der Waals surface area contributed by atoms with Crippen LogP contribution in [0.2, 0.25) is 5.02 Å². The van der Waals surface area contributed by atoms with Crippen LogP contribution in [0.25, 0.3) is 11.1 Å². The number of rotatable bonds is 10. The van der Waals surface area contributed by atoms with E-state index in [1.807, 2.05) is 6.20 Å². The first-order chi connectivity index (χ1) is 16.0. The fourth-order valence-corrected chi connectivity index (χ4v) is 4.99. The molecule has 2 aliphatic rings. The number of nitrogens with one attached hydrogen (secondary N) is 2. The maximum Gasteiger partial charge on any atom is 0.0747 e. The molecule has 2 fully saturated rings. The molecule has 2 N–H and O–H groups in total. The summed E-state index contributed by atoms with van der Waals surface area (Å²) in [5, 5.41) is 17.0. The van der Waals surface area contributed by atoms with Gasteiger partial charge in [-0.3, -0.25) is 9.97 Å². The van der Waals surface area contributed by atoms with Crippen LogP contribution in [0.1, 0.15) is 51.1 Å². The Balaban J connectivity index is 1.37. The Morgan fingerprint density at radius 1 is 1.21 bits per heavy atom. The number of nitriles is 1. The van der Waals surface area contributed by atoms with Crippen LogP contribution >= 0.6 is 11.6 Å². The largest absolute Gasteiger partial charge is 0.383 e. The van der Waals surface area contributed by atoms with Gasteiger partial charge in [-0.2, -0.15) is 5.26 Å². The summed E-state index contributed by atoms with van der Waals surface area (Å²) >= 11 is 6.53. The summed E-state index contributed by atoms with van der Waals surface area (Å²) in [6.45, 7) is 3.59. The van der Waals surface area contributed by atoms with E-state index in [0.29, 0.717) is 29.6 Å². The molecular formula is C26H34ClN5O. The Labute approximate surface area is 202 Å². The van der Waals surface area contributed by atoms with Gasteiger partial charge in [0.1, 0.15) is 0 Å². The summed E-state index contributed by atoms with van der Waals surface area (Å²) in [6, 6.07) is 7.57. The van der Waals surface area contributed by atoms with Crippen molar-refractivity contribution in [3.8, 4) is 17.2 Å². The van der Waals surface area contributed by atoms with Crippen LogP contribution in [0.5, 0.6) is 0 Å². The molecule has 7 heteroatoms. The number of hydrogen-bond donors (Lipinski definition) is 2. The molecule has 176 valence electrons. The van der Waals surface area contributed by atoms with Crippen molar-refractivity contribution in [3.63, 3.8) is 0 Å². The van der Waals surface area contributed by atoms with Crippen molar-refractivity contribution in [2.75, 3.05) is 25.6 Å². The standard InChI is InChI=1S/C26H34ClN5O/c1-18(15-33-2)32-21-5-3-19(4-6-21)9-22-11-24(25(27)14-30-22)20-10-23(13-29-12-20)31-17-26(16-28)7-8-26/h10-14,18-19,21,31-32H,3-9,15,17H2,1-2H3/t18-,19?,21?/m1/s1. The minimum Gasteiger partial charge on any atom is -0.383 e. The molecule has 2 aromatic heterocycles. The third-order valence-corrected chi connectivity index (χ3v) is 7.27. The lowest BCUT2D eigenvalue weighted by atomic mass is 9.83. The van der Waals surface area contributed by atoms with Gasteiger partial charge in [0, 0.05) is 61.1 Å². The number of methoxy groups -OCH3 is 1. The highest BCUT2D eigenvalue weighted by Crippen LogP contribution is 2.44. The Hall–Kier alpha value is -2.20. The summed E-state index contributed by atoms with van der Waals surface area (Å²) < 4.78 is 5.24. The van der Waals surface area contributed by atoms with E-state index in [2.05, 4.69) is 45.7 Å². The van der Waals surface area contributed by atoms with Crippen molar-refractivity contribution in [3.05, 3.63) is 41.4 Å². The van der Waals surface area contributed by atoms with E-state index < -0.39 is 0 Å². The molecule has 2 heterocycles. The van der Waals surface area contributed by atoms with Crippen molar-refractivity contribution in [1.82, 2.24) is 15.3 Å². The smallest absolute Gasteiger partial charge is 0.0747 e. The number of nitrogens with zero attached hydrogens (tertiary/aromatic N) is 3. The highest BCUT2D eigenvalue weighted by atomic mass is 35.5. The number of anilines is 1. The molecule has 0 aliphatic heterocycles. The summed E-state index contributed by atoms with van der Waals surface area (Å²) in [5.74, 6) is 0.647. The number of hydrogen-bond acceptors (Lipinski definition) is 6. The van der Waals surface area contributed by atoms with Crippen molar-refractivity contribution in [2.24, 2.45) is 11.3 Å². The average molecular weight is 468 g/mol. The van der Waals surface area contributed by atoms with E-state index in [9.17, 15) is 5.26 Å². The lowest BCUT2D eigenvalue weighted by Crippen LogP contribution is -2.41. The van der Waals surface area contributed by atoms with E-state index in [1.165, 1.54) is 25.7 Å². The fourth-order valence-electron chi connectivity index (χ4n) is 4.78. The van der Waals surface area contributed by atoms with Crippen LogP contribution in [-0.4, -0.2) is 42.3 Å². The monoisotopic (exact) mass is 467 g/mol. The third kappa shape index (κ3) is 6.44. The molecule has 0 aromatic carbocycles. The van der Waals surface area contributed by atoms with Gasteiger partial charge in [-0.15, -0.1) is 0 Å². The topological polar surface area (TPSA) is 82.9 Å². The zero-order chi connectivity index (χ0) is 23.3. The predicted molar refractivity (Wildman–Crippen MR) is 132 cm³/mol. The molecule has 6 nitrogen and oxygen atoms in total. The molecular weight excluding hydrogens is 434 g/mol. The van der Waals surface area contributed by atoms with Crippen molar-refractivity contribution in [2.45, 2.75) is 64.0 Å². The van der Waals surface area contributed by atoms with Crippen molar-refractivity contribution < 1.29 is 4.74 Å².